The van der Waals surface area contributed by atoms with Crippen LogP contribution >= 0.6 is 0 Å². The molecule has 1 rings (SSSR count). The summed E-state index contributed by atoms with van der Waals surface area (Å²) in [4.78, 5) is 2.17. The van der Waals surface area contributed by atoms with Gasteiger partial charge in [0.1, 0.15) is 0 Å². The first kappa shape index (κ1) is 17.3. The Balaban J connectivity index is -0.000000163. The van der Waals surface area contributed by atoms with Gasteiger partial charge in [0, 0.05) is 41.7 Å². The zero-order chi connectivity index (χ0) is 5.11. The van der Waals surface area contributed by atoms with Crippen molar-refractivity contribution in [2.24, 2.45) is 0 Å². The fourth-order valence-corrected chi connectivity index (χ4v) is 0.638. The average molecular weight is 220 g/mol. The van der Waals surface area contributed by atoms with Crippen LogP contribution in [0.15, 0.2) is 0 Å². The molecule has 0 aromatic heterocycles. The molecule has 1 saturated heterocycles. The van der Waals surface area contributed by atoms with Crippen LogP contribution in [0.4, 0.5) is 0 Å². The predicted molar refractivity (Wildman–Crippen MR) is 28.6 cm³/mol. The molecule has 62 valence electrons. The first-order valence-corrected chi connectivity index (χ1v) is 2.49. The van der Waals surface area contributed by atoms with Crippen molar-refractivity contribution in [1.29, 1.82) is 0 Å². The number of nitrogens with zero attached hydrogens (tertiary/aromatic N) is 1. The Morgan fingerprint density at radius 2 is 1.50 bits per heavy atom. The van der Waals surface area contributed by atoms with Crippen molar-refractivity contribution < 1.29 is 46.5 Å². The maximum atomic E-state index is 3.15. The Morgan fingerprint density at radius 3 is 1.70 bits per heavy atom. The maximum absolute atomic E-state index is 3.15. The van der Waals surface area contributed by atoms with Crippen LogP contribution in [0.2, 0.25) is 0 Å². The molecule has 1 fully saturated rings. The molecule has 0 saturated carbocycles. The van der Waals surface area contributed by atoms with Crippen molar-refractivity contribution in [2.45, 2.75) is 0 Å². The number of hydrogen-bond donors (Lipinski definition) is 2. The summed E-state index contributed by atoms with van der Waals surface area (Å²) in [5.74, 6) is 0. The van der Waals surface area contributed by atoms with E-state index in [0.29, 0.717) is 0 Å². The van der Waals surface area contributed by atoms with Gasteiger partial charge in [-0.15, -0.1) is 0 Å². The Labute approximate surface area is 89.0 Å². The molecule has 0 aromatic rings. The molecule has 0 aliphatic carbocycles. The van der Waals surface area contributed by atoms with E-state index in [1.165, 1.54) is 0 Å². The number of rotatable bonds is 0. The molecule has 0 unspecified atom stereocenters. The second-order valence-corrected chi connectivity index (χ2v) is 1.85. The molecular weight excluding hydrogens is 209 g/mol. The van der Waals surface area contributed by atoms with Crippen molar-refractivity contribution in [3.05, 3.63) is 0 Å². The third-order valence-corrected chi connectivity index (χ3v) is 1.01. The van der Waals surface area contributed by atoms with Crippen LogP contribution in [0.5, 0.6) is 0 Å². The Bertz CT molecular complexity index is 60.5. The molecule has 0 spiro atoms. The Hall–Kier alpha value is 1.17. The summed E-state index contributed by atoms with van der Waals surface area (Å²) in [6.45, 7) is 2.96. The topological polar surface area (TPSA) is 27.3 Å². The fraction of sp³-hybridized carbons (Fsp3) is 1.00. The van der Waals surface area contributed by atoms with Gasteiger partial charge >= 0.3 is 0 Å². The number of halogens is 2. The summed E-state index contributed by atoms with van der Waals surface area (Å²) in [5.41, 5.74) is 0. The Kier molecular flexibility index (Phi) is 17.6. The molecule has 10 heavy (non-hydrogen) atoms. The molecular formula is C4H11Cl2N3Ti-2. The van der Waals surface area contributed by atoms with Crippen LogP contribution in [-0.4, -0.2) is 32.0 Å². The van der Waals surface area contributed by atoms with Gasteiger partial charge in [0.25, 0.3) is 0 Å². The standard InChI is InChI=1S/C4H11N3.2ClH.Ti/c1-7-3-5-2-6-4-7;;;/h5-6H,2-4H2,1H3;2*1H;/p-2. The molecule has 0 radical (unpaired) electrons. The molecule has 0 aromatic carbocycles. The first-order chi connectivity index (χ1) is 3.39. The van der Waals surface area contributed by atoms with Crippen LogP contribution in [0.3, 0.4) is 0 Å². The van der Waals surface area contributed by atoms with Crippen molar-refractivity contribution in [3.63, 3.8) is 0 Å². The molecule has 0 atom stereocenters. The van der Waals surface area contributed by atoms with E-state index in [1.54, 1.807) is 0 Å². The molecule has 0 bridgehead atoms. The predicted octanol–water partition coefficient (Wildman–Crippen LogP) is -7.01. The summed E-state index contributed by atoms with van der Waals surface area (Å²) in [6, 6.07) is 0. The van der Waals surface area contributed by atoms with E-state index in [-0.39, 0.29) is 46.5 Å². The second kappa shape index (κ2) is 10.2. The average Bonchev–Trinajstić information content (AvgIpc) is 1.69. The van der Waals surface area contributed by atoms with Gasteiger partial charge in [0.05, 0.1) is 0 Å². The van der Waals surface area contributed by atoms with E-state index in [0.717, 1.165) is 20.0 Å². The van der Waals surface area contributed by atoms with Crippen LogP contribution in [0, 0.1) is 0 Å². The van der Waals surface area contributed by atoms with Crippen molar-refractivity contribution in [2.75, 3.05) is 27.1 Å². The van der Waals surface area contributed by atoms with Crippen LogP contribution in [-0.2, 0) is 21.7 Å². The van der Waals surface area contributed by atoms with Gasteiger partial charge in [0.2, 0.25) is 0 Å². The summed E-state index contributed by atoms with van der Waals surface area (Å²) < 4.78 is 0. The monoisotopic (exact) mass is 219 g/mol. The fourth-order valence-electron chi connectivity index (χ4n) is 0.638. The van der Waals surface area contributed by atoms with E-state index >= 15 is 0 Å². The Morgan fingerprint density at radius 1 is 1.10 bits per heavy atom. The van der Waals surface area contributed by atoms with Crippen LogP contribution < -0.4 is 35.4 Å². The van der Waals surface area contributed by atoms with Gasteiger partial charge in [-0.1, -0.05) is 0 Å². The molecule has 1 heterocycles. The molecule has 3 nitrogen and oxygen atoms in total. The summed E-state index contributed by atoms with van der Waals surface area (Å²) in [7, 11) is 2.07. The van der Waals surface area contributed by atoms with Gasteiger partial charge in [-0.2, -0.15) is 0 Å². The molecule has 6 heteroatoms. The van der Waals surface area contributed by atoms with Gasteiger partial charge in [0.15, 0.2) is 0 Å². The van der Waals surface area contributed by atoms with Gasteiger partial charge in [-0.25, -0.2) is 0 Å². The van der Waals surface area contributed by atoms with Crippen LogP contribution in [0.1, 0.15) is 0 Å². The van der Waals surface area contributed by atoms with E-state index in [9.17, 15) is 0 Å². The number of nitrogens with one attached hydrogen (secondary N) is 2. The third kappa shape index (κ3) is 7.28. The maximum Gasteiger partial charge on any atom is 0.0499 e. The zero-order valence-electron chi connectivity index (χ0n) is 5.82. The first-order valence-electron chi connectivity index (χ1n) is 2.49. The van der Waals surface area contributed by atoms with Gasteiger partial charge in [-0.3, -0.25) is 15.5 Å². The second-order valence-electron chi connectivity index (χ2n) is 1.85. The minimum Gasteiger partial charge on any atom is -1.00 e. The van der Waals surface area contributed by atoms with E-state index in [2.05, 4.69) is 22.6 Å². The van der Waals surface area contributed by atoms with E-state index < -0.39 is 0 Å². The zero-order valence-corrected chi connectivity index (χ0v) is 8.90. The summed E-state index contributed by atoms with van der Waals surface area (Å²) in [5, 5.41) is 6.30. The van der Waals surface area contributed by atoms with E-state index in [4.69, 9.17) is 0 Å². The molecule has 1 aliphatic rings. The van der Waals surface area contributed by atoms with E-state index in [1.807, 2.05) is 0 Å². The van der Waals surface area contributed by atoms with Crippen molar-refractivity contribution in [3.8, 4) is 0 Å². The van der Waals surface area contributed by atoms with Crippen molar-refractivity contribution >= 4 is 0 Å². The molecule has 2 N–H and O–H groups in total. The normalized spacial score (nSPS) is 17.7. The molecule has 0 amide bonds. The minimum absolute atomic E-state index is 0. The minimum atomic E-state index is 0. The summed E-state index contributed by atoms with van der Waals surface area (Å²) >= 11 is 0. The quantitative estimate of drug-likeness (QED) is 0.397. The smallest absolute Gasteiger partial charge is 0.0499 e. The van der Waals surface area contributed by atoms with Gasteiger partial charge in [-0.05, 0) is 7.05 Å². The largest absolute Gasteiger partial charge is 1.00 e. The van der Waals surface area contributed by atoms with Crippen molar-refractivity contribution in [1.82, 2.24) is 15.5 Å². The summed E-state index contributed by atoms with van der Waals surface area (Å²) in [6.07, 6.45) is 0. The van der Waals surface area contributed by atoms with Crippen LogP contribution in [0.25, 0.3) is 0 Å². The van der Waals surface area contributed by atoms with Gasteiger partial charge < -0.3 is 24.8 Å². The third-order valence-electron chi connectivity index (χ3n) is 1.01. The molecule has 1 aliphatic heterocycles. The number of hydrogen-bond acceptors (Lipinski definition) is 3. The SMILES string of the molecule is CN1CNCNC1.[Cl-].[Cl-].[Ti].